The highest BCUT2D eigenvalue weighted by atomic mass is 79.9. The topological polar surface area (TPSA) is 85.4 Å². The van der Waals surface area contributed by atoms with Crippen molar-refractivity contribution < 1.29 is 17.9 Å². The highest BCUT2D eigenvalue weighted by Crippen LogP contribution is 2.23. The number of hydrogen-bond donors (Lipinski definition) is 1. The van der Waals surface area contributed by atoms with Gasteiger partial charge in [-0.2, -0.15) is 0 Å². The number of ether oxygens (including phenoxy) is 1. The molecule has 0 aliphatic heterocycles. The molecule has 0 bridgehead atoms. The van der Waals surface area contributed by atoms with Crippen LogP contribution in [-0.4, -0.2) is 32.2 Å². The average Bonchev–Trinajstić information content (AvgIpc) is 2.30. The van der Waals surface area contributed by atoms with E-state index >= 15 is 0 Å². The van der Waals surface area contributed by atoms with Gasteiger partial charge in [0.2, 0.25) is 10.0 Å². The van der Waals surface area contributed by atoms with Crippen LogP contribution in [0.4, 0.5) is 5.69 Å². The van der Waals surface area contributed by atoms with E-state index in [0.717, 1.165) is 0 Å². The van der Waals surface area contributed by atoms with Crippen molar-refractivity contribution in [1.29, 1.82) is 0 Å². The van der Waals surface area contributed by atoms with Crippen molar-refractivity contribution in [2.24, 2.45) is 0 Å². The van der Waals surface area contributed by atoms with E-state index in [1.807, 2.05) is 0 Å². The quantitative estimate of drug-likeness (QED) is 0.641. The van der Waals surface area contributed by atoms with Crippen LogP contribution in [0, 0.1) is 0 Å². The lowest BCUT2D eigenvalue weighted by atomic mass is 10.4. The zero-order chi connectivity index (χ0) is 13.8. The lowest BCUT2D eigenvalue weighted by molar-refractivity contribution is -0.140. The zero-order valence-electron chi connectivity index (χ0n) is 9.31. The molecule has 0 aliphatic carbocycles. The fourth-order valence-electron chi connectivity index (χ4n) is 1.03. The van der Waals surface area contributed by atoms with E-state index in [1.165, 1.54) is 19.4 Å². The van der Waals surface area contributed by atoms with E-state index in [4.69, 9.17) is 11.6 Å². The lowest BCUT2D eigenvalue weighted by Crippen LogP contribution is -2.19. The van der Waals surface area contributed by atoms with Crippen LogP contribution < -0.4 is 4.72 Å². The van der Waals surface area contributed by atoms with Crippen molar-refractivity contribution >= 4 is 49.2 Å². The summed E-state index contributed by atoms with van der Waals surface area (Å²) in [6.45, 7) is 0. The van der Waals surface area contributed by atoms with Gasteiger partial charge in [0, 0.05) is 0 Å². The van der Waals surface area contributed by atoms with Crippen molar-refractivity contribution in [3.63, 3.8) is 0 Å². The number of carbonyl (C=O) groups excluding carboxylic acids is 1. The molecule has 1 aromatic heterocycles. The molecule has 0 saturated carbocycles. The largest absolute Gasteiger partial charge is 0.469 e. The Hall–Kier alpha value is -0.860. The van der Waals surface area contributed by atoms with Crippen LogP contribution in [0.2, 0.25) is 5.15 Å². The molecule has 1 N–H and O–H groups in total. The van der Waals surface area contributed by atoms with Gasteiger partial charge in [-0.25, -0.2) is 13.4 Å². The molecule has 6 nitrogen and oxygen atoms in total. The minimum atomic E-state index is -3.62. The van der Waals surface area contributed by atoms with Gasteiger partial charge in [0.15, 0.2) is 0 Å². The summed E-state index contributed by atoms with van der Waals surface area (Å²) >= 11 is 8.80. The van der Waals surface area contributed by atoms with Gasteiger partial charge in [0.1, 0.15) is 5.15 Å². The van der Waals surface area contributed by atoms with E-state index < -0.39 is 16.0 Å². The van der Waals surface area contributed by atoms with Crippen LogP contribution in [0.25, 0.3) is 0 Å². The van der Waals surface area contributed by atoms with E-state index in [1.54, 1.807) is 0 Å². The molecule has 1 rings (SSSR count). The van der Waals surface area contributed by atoms with E-state index in [0.29, 0.717) is 4.47 Å². The maximum Gasteiger partial charge on any atom is 0.306 e. The number of hydrogen-bond acceptors (Lipinski definition) is 5. The molecule has 1 heterocycles. The Morgan fingerprint density at radius 3 is 2.83 bits per heavy atom. The number of rotatable bonds is 5. The number of halogens is 2. The summed E-state index contributed by atoms with van der Waals surface area (Å²) in [6.07, 6.45) is 1.07. The maximum atomic E-state index is 11.6. The van der Waals surface area contributed by atoms with E-state index in [-0.39, 0.29) is 23.0 Å². The Morgan fingerprint density at radius 1 is 1.61 bits per heavy atom. The molecule has 0 radical (unpaired) electrons. The van der Waals surface area contributed by atoms with Crippen molar-refractivity contribution in [3.8, 4) is 0 Å². The fourth-order valence-corrected chi connectivity index (χ4v) is 2.49. The van der Waals surface area contributed by atoms with Gasteiger partial charge in [-0.3, -0.25) is 9.52 Å². The third kappa shape index (κ3) is 4.79. The number of pyridine rings is 1. The van der Waals surface area contributed by atoms with Crippen molar-refractivity contribution in [1.82, 2.24) is 4.98 Å². The van der Waals surface area contributed by atoms with E-state index in [9.17, 15) is 13.2 Å². The van der Waals surface area contributed by atoms with Crippen LogP contribution >= 0.6 is 27.5 Å². The van der Waals surface area contributed by atoms with Crippen LogP contribution in [-0.2, 0) is 19.6 Å². The molecule has 18 heavy (non-hydrogen) atoms. The maximum absolute atomic E-state index is 11.6. The second kappa shape index (κ2) is 6.35. The first-order valence-electron chi connectivity index (χ1n) is 4.72. The predicted molar refractivity (Wildman–Crippen MR) is 71.0 cm³/mol. The number of esters is 1. The van der Waals surface area contributed by atoms with Gasteiger partial charge < -0.3 is 4.74 Å². The summed E-state index contributed by atoms with van der Waals surface area (Å²) in [5.74, 6) is -0.948. The molecule has 0 aromatic carbocycles. The molecule has 9 heteroatoms. The number of carbonyl (C=O) groups is 1. The predicted octanol–water partition coefficient (Wildman–Crippen LogP) is 1.80. The van der Waals surface area contributed by atoms with Crippen LogP contribution in [0.1, 0.15) is 6.42 Å². The minimum Gasteiger partial charge on any atom is -0.469 e. The molecule has 0 atom stereocenters. The summed E-state index contributed by atoms with van der Waals surface area (Å²) in [6, 6.07) is 1.48. The van der Waals surface area contributed by atoms with Gasteiger partial charge >= 0.3 is 5.97 Å². The number of anilines is 1. The fraction of sp³-hybridized carbons (Fsp3) is 0.333. The Kier molecular flexibility index (Phi) is 5.36. The highest BCUT2D eigenvalue weighted by molar-refractivity contribution is 9.10. The summed E-state index contributed by atoms with van der Waals surface area (Å²) in [4.78, 5) is 14.6. The van der Waals surface area contributed by atoms with Crippen LogP contribution in [0.5, 0.6) is 0 Å². The van der Waals surface area contributed by atoms with Gasteiger partial charge in [0.25, 0.3) is 0 Å². The number of nitrogens with one attached hydrogen (secondary N) is 1. The molecule has 0 unspecified atom stereocenters. The molecule has 0 aliphatic rings. The highest BCUT2D eigenvalue weighted by Gasteiger charge is 2.14. The normalized spacial score (nSPS) is 11.1. The van der Waals surface area contributed by atoms with Gasteiger partial charge in [-0.1, -0.05) is 11.6 Å². The number of sulfonamides is 1. The monoisotopic (exact) mass is 356 g/mol. The molecular weight excluding hydrogens is 348 g/mol. The summed E-state index contributed by atoms with van der Waals surface area (Å²) in [7, 11) is -2.43. The second-order valence-electron chi connectivity index (χ2n) is 3.24. The van der Waals surface area contributed by atoms with Gasteiger partial charge in [-0.15, -0.1) is 0 Å². The third-order valence-corrected chi connectivity index (χ3v) is 4.29. The van der Waals surface area contributed by atoms with Gasteiger partial charge in [0.05, 0.1) is 35.6 Å². The number of aromatic nitrogens is 1. The first-order valence-corrected chi connectivity index (χ1v) is 7.55. The Balaban J connectivity index is 2.70. The molecule has 0 saturated heterocycles. The standard InChI is InChI=1S/C9H10BrClN2O4S/c1-17-8(14)2-3-18(15,16)13-6-4-7(10)9(11)12-5-6/h4-5,13H,2-3H2,1H3. The SMILES string of the molecule is COC(=O)CCS(=O)(=O)Nc1cnc(Cl)c(Br)c1. The molecule has 0 amide bonds. The lowest BCUT2D eigenvalue weighted by Gasteiger charge is -2.07. The zero-order valence-corrected chi connectivity index (χ0v) is 12.5. The number of nitrogens with zero attached hydrogens (tertiary/aromatic N) is 1. The second-order valence-corrected chi connectivity index (χ2v) is 6.30. The smallest absolute Gasteiger partial charge is 0.306 e. The van der Waals surface area contributed by atoms with E-state index in [2.05, 4.69) is 30.4 Å². The van der Waals surface area contributed by atoms with Crippen molar-refractivity contribution in [3.05, 3.63) is 21.9 Å². The van der Waals surface area contributed by atoms with Crippen molar-refractivity contribution in [2.75, 3.05) is 17.6 Å². The molecule has 0 fully saturated rings. The first kappa shape index (κ1) is 15.2. The summed E-state index contributed by atoms with van der Waals surface area (Å²) in [5.41, 5.74) is 0.260. The average molecular weight is 358 g/mol. The summed E-state index contributed by atoms with van der Waals surface area (Å²) in [5, 5.41) is 0.229. The molecule has 100 valence electrons. The van der Waals surface area contributed by atoms with Crippen LogP contribution in [0.3, 0.4) is 0 Å². The first-order chi connectivity index (χ1) is 8.34. The third-order valence-electron chi connectivity index (χ3n) is 1.87. The van der Waals surface area contributed by atoms with Gasteiger partial charge in [-0.05, 0) is 22.0 Å². The molecule has 0 spiro atoms. The molecule has 1 aromatic rings. The minimum absolute atomic E-state index is 0.214. The summed E-state index contributed by atoms with van der Waals surface area (Å²) < 4.78 is 30.4. The Morgan fingerprint density at radius 2 is 2.28 bits per heavy atom. The Labute approximate surface area is 118 Å². The number of methoxy groups -OCH3 is 1. The Bertz CT molecular complexity index is 549. The molecular formula is C9H10BrClN2O4S. The van der Waals surface area contributed by atoms with Crippen molar-refractivity contribution in [2.45, 2.75) is 6.42 Å². The van der Waals surface area contributed by atoms with Crippen LogP contribution in [0.15, 0.2) is 16.7 Å².